The summed E-state index contributed by atoms with van der Waals surface area (Å²) < 4.78 is 196. The highest BCUT2D eigenvalue weighted by molar-refractivity contribution is 5.89. The number of aliphatic carboxylic acids is 1. The maximum atomic E-state index is 13.8. The van der Waals surface area contributed by atoms with Crippen LogP contribution in [-0.2, 0) is 9.59 Å². The molecule has 0 saturated carbocycles. The van der Waals surface area contributed by atoms with E-state index in [9.17, 15) is 75.4 Å². The average molecular weight is 511 g/mol. The Morgan fingerprint density at radius 2 is 1.03 bits per heavy atom. The molecule has 1 saturated heterocycles. The Bertz CT molecular complexity index is 760. The van der Waals surface area contributed by atoms with Crippen LogP contribution in [-0.4, -0.2) is 76.2 Å². The van der Waals surface area contributed by atoms with Crippen LogP contribution in [0.2, 0.25) is 0 Å². The second-order valence-corrected chi connectivity index (χ2v) is 6.44. The zero-order valence-corrected chi connectivity index (χ0v) is 14.6. The van der Waals surface area contributed by atoms with Gasteiger partial charge in [-0.2, -0.15) is 65.9 Å². The van der Waals surface area contributed by atoms with Gasteiger partial charge in [-0.05, 0) is 12.8 Å². The molecule has 1 rings (SSSR count). The van der Waals surface area contributed by atoms with Crippen molar-refractivity contribution in [2.45, 2.75) is 60.6 Å². The highest BCUT2D eigenvalue weighted by Gasteiger charge is 2.94. The van der Waals surface area contributed by atoms with Crippen LogP contribution in [0.1, 0.15) is 12.8 Å². The van der Waals surface area contributed by atoms with E-state index in [-0.39, 0.29) is 0 Å². The monoisotopic (exact) mass is 511 g/mol. The zero-order valence-electron chi connectivity index (χ0n) is 14.6. The Labute approximate surface area is 165 Å². The molecule has 0 bridgehead atoms. The molecule has 188 valence electrons. The number of rotatable bonds is 7. The second kappa shape index (κ2) is 7.46. The molecule has 0 spiro atoms. The molecular weight excluding hydrogens is 503 g/mol. The van der Waals surface area contributed by atoms with Crippen molar-refractivity contribution in [3.8, 4) is 0 Å². The molecule has 1 aliphatic heterocycles. The minimum atomic E-state index is -8.51. The SMILES string of the molecule is O=C(O)C1CCCN1C(=O)C(F)(F)C(F)(F)C(F)(F)C(F)(F)C(F)(F)C(F)(F)C(F)(F)F. The largest absolute Gasteiger partial charge is 0.480 e. The van der Waals surface area contributed by atoms with Gasteiger partial charge in [-0.3, -0.25) is 4.79 Å². The van der Waals surface area contributed by atoms with E-state index in [2.05, 4.69) is 0 Å². The number of carbonyl (C=O) groups excluding carboxylic acids is 1. The van der Waals surface area contributed by atoms with Gasteiger partial charge in [0.25, 0.3) is 0 Å². The van der Waals surface area contributed by atoms with Crippen LogP contribution in [0.4, 0.5) is 65.9 Å². The molecule has 1 unspecified atom stereocenters. The van der Waals surface area contributed by atoms with Gasteiger partial charge in [-0.1, -0.05) is 0 Å². The van der Waals surface area contributed by atoms with Crippen LogP contribution in [0.5, 0.6) is 0 Å². The average Bonchev–Trinajstić information content (AvgIpc) is 3.08. The third-order valence-corrected chi connectivity index (χ3v) is 4.40. The van der Waals surface area contributed by atoms with Crippen LogP contribution in [0.3, 0.4) is 0 Å². The van der Waals surface area contributed by atoms with Gasteiger partial charge < -0.3 is 10.0 Å². The Morgan fingerprint density at radius 1 is 0.656 bits per heavy atom. The number of amides is 1. The summed E-state index contributed by atoms with van der Waals surface area (Å²) in [5, 5.41) is 8.68. The predicted molar refractivity (Wildman–Crippen MR) is 68.1 cm³/mol. The minimum absolute atomic E-state index is 0.507. The Hall–Kier alpha value is -2.11. The third-order valence-electron chi connectivity index (χ3n) is 4.40. The predicted octanol–water partition coefficient (Wildman–Crippen LogP) is 4.44. The van der Waals surface area contributed by atoms with Gasteiger partial charge in [0.1, 0.15) is 6.04 Å². The van der Waals surface area contributed by atoms with E-state index in [1.807, 2.05) is 0 Å². The molecule has 1 N–H and O–H groups in total. The molecule has 1 amide bonds. The summed E-state index contributed by atoms with van der Waals surface area (Å²) >= 11 is 0. The number of likely N-dealkylation sites (tertiary alicyclic amines) is 1. The molecule has 1 heterocycles. The highest BCUT2D eigenvalue weighted by Crippen LogP contribution is 2.62. The molecule has 0 aliphatic carbocycles. The number of alkyl halides is 15. The summed E-state index contributed by atoms with van der Waals surface area (Å²) in [5.41, 5.74) is 0. The van der Waals surface area contributed by atoms with E-state index >= 15 is 0 Å². The van der Waals surface area contributed by atoms with Crippen molar-refractivity contribution in [2.75, 3.05) is 6.54 Å². The van der Waals surface area contributed by atoms with Crippen LogP contribution >= 0.6 is 0 Å². The van der Waals surface area contributed by atoms with Crippen LogP contribution in [0.15, 0.2) is 0 Å². The molecule has 0 aromatic rings. The Balaban J connectivity index is 3.55. The first-order valence-corrected chi connectivity index (χ1v) is 7.71. The van der Waals surface area contributed by atoms with Crippen LogP contribution in [0, 0.1) is 0 Å². The van der Waals surface area contributed by atoms with E-state index in [0.29, 0.717) is 0 Å². The maximum Gasteiger partial charge on any atom is 0.460 e. The number of carbonyl (C=O) groups is 2. The fraction of sp³-hybridized carbons (Fsp3) is 0.846. The van der Waals surface area contributed by atoms with Gasteiger partial charge in [0.05, 0.1) is 0 Å². The number of nitrogens with zero attached hydrogens (tertiary/aromatic N) is 1. The number of hydrogen-bond donors (Lipinski definition) is 1. The van der Waals surface area contributed by atoms with E-state index in [1.165, 1.54) is 0 Å². The molecule has 19 heteroatoms. The van der Waals surface area contributed by atoms with Gasteiger partial charge in [0, 0.05) is 6.54 Å². The van der Waals surface area contributed by atoms with Gasteiger partial charge in [0.15, 0.2) is 0 Å². The molecule has 4 nitrogen and oxygen atoms in total. The van der Waals surface area contributed by atoms with Gasteiger partial charge >= 0.3 is 53.6 Å². The van der Waals surface area contributed by atoms with E-state index in [1.54, 1.807) is 0 Å². The normalized spacial score (nSPS) is 20.0. The lowest BCUT2D eigenvalue weighted by molar-refractivity contribution is -0.449. The first kappa shape index (κ1) is 27.9. The van der Waals surface area contributed by atoms with E-state index in [0.717, 1.165) is 0 Å². The maximum absolute atomic E-state index is 13.8. The standard InChI is InChI=1S/C13H8F15NO3/c14-7(15,6(32)29-3-1-2-4(29)5(30)31)8(16,17)9(18,19)10(20,21)11(22,23)12(24,25)13(26,27)28/h4H,1-3H2,(H,30,31). The Morgan fingerprint density at radius 3 is 1.41 bits per heavy atom. The first-order valence-electron chi connectivity index (χ1n) is 7.71. The van der Waals surface area contributed by atoms with Crippen molar-refractivity contribution in [1.29, 1.82) is 0 Å². The van der Waals surface area contributed by atoms with Gasteiger partial charge in [0.2, 0.25) is 0 Å². The molecule has 1 atom stereocenters. The summed E-state index contributed by atoms with van der Waals surface area (Å²) in [6, 6.07) is -2.37. The van der Waals surface area contributed by atoms with E-state index < -0.39 is 83.9 Å². The van der Waals surface area contributed by atoms with Crippen molar-refractivity contribution in [3.63, 3.8) is 0 Å². The smallest absolute Gasteiger partial charge is 0.460 e. The third kappa shape index (κ3) is 3.50. The molecular formula is C13H8F15NO3. The lowest BCUT2D eigenvalue weighted by Gasteiger charge is -2.41. The van der Waals surface area contributed by atoms with Crippen molar-refractivity contribution >= 4 is 11.9 Å². The fourth-order valence-electron chi connectivity index (χ4n) is 2.55. The number of carboxylic acid groups (broad SMARTS) is 1. The molecule has 0 aromatic heterocycles. The van der Waals surface area contributed by atoms with Crippen molar-refractivity contribution in [2.24, 2.45) is 0 Å². The molecule has 0 aromatic carbocycles. The molecule has 0 radical (unpaired) electrons. The molecule has 32 heavy (non-hydrogen) atoms. The lowest BCUT2D eigenvalue weighted by atomic mass is 9.90. The quantitative estimate of drug-likeness (QED) is 0.515. The summed E-state index contributed by atoms with van der Waals surface area (Å²) in [6.45, 7) is -1.13. The number of halogens is 15. The summed E-state index contributed by atoms with van der Waals surface area (Å²) in [6.07, 6.45) is -8.95. The Kier molecular flexibility index (Phi) is 6.51. The van der Waals surface area contributed by atoms with Crippen molar-refractivity contribution in [1.82, 2.24) is 4.90 Å². The second-order valence-electron chi connectivity index (χ2n) is 6.44. The first-order chi connectivity index (χ1) is 13.8. The van der Waals surface area contributed by atoms with E-state index in [4.69, 9.17) is 5.11 Å². The summed E-state index contributed by atoms with van der Waals surface area (Å²) in [4.78, 5) is 21.6. The minimum Gasteiger partial charge on any atom is -0.480 e. The topological polar surface area (TPSA) is 57.6 Å². The summed E-state index contributed by atoms with van der Waals surface area (Å²) in [7, 11) is 0. The number of hydrogen-bond acceptors (Lipinski definition) is 2. The zero-order chi connectivity index (χ0) is 25.9. The lowest BCUT2D eigenvalue weighted by Crippen LogP contribution is -2.74. The van der Waals surface area contributed by atoms with Crippen LogP contribution < -0.4 is 0 Å². The van der Waals surface area contributed by atoms with Crippen molar-refractivity contribution < 1.29 is 80.6 Å². The van der Waals surface area contributed by atoms with Gasteiger partial charge in [-0.25, -0.2) is 4.79 Å². The molecule has 1 aliphatic rings. The fourth-order valence-corrected chi connectivity index (χ4v) is 2.55. The molecule has 1 fully saturated rings. The highest BCUT2D eigenvalue weighted by atomic mass is 19.4. The van der Waals surface area contributed by atoms with Crippen LogP contribution in [0.25, 0.3) is 0 Å². The van der Waals surface area contributed by atoms with Crippen molar-refractivity contribution in [3.05, 3.63) is 0 Å². The summed E-state index contributed by atoms with van der Waals surface area (Å²) in [5.74, 6) is -54.3. The number of carboxylic acids is 1. The van der Waals surface area contributed by atoms with Gasteiger partial charge in [-0.15, -0.1) is 0 Å².